The van der Waals surface area contributed by atoms with E-state index in [1.807, 2.05) is 19.0 Å². The van der Waals surface area contributed by atoms with Gasteiger partial charge in [-0.3, -0.25) is 4.90 Å². The van der Waals surface area contributed by atoms with E-state index < -0.39 is 23.4 Å². The quantitative estimate of drug-likeness (QED) is 0.831. The molecule has 0 atom stereocenters. The van der Waals surface area contributed by atoms with Gasteiger partial charge < -0.3 is 15.4 Å². The minimum absolute atomic E-state index is 0.00968. The number of ether oxygens (including phenoxy) is 1. The molecule has 1 aromatic carbocycles. The summed E-state index contributed by atoms with van der Waals surface area (Å²) in [5, 5.41) is 4.76. The van der Waals surface area contributed by atoms with E-state index in [1.165, 1.54) is 0 Å². The standard InChI is InChI=1S/C14H17F2N3O2/c1-19(2)7-5-4-6-17-14(20)18-10-8-11(15)13(21-3)12(16)9-10/h8-9H,6-7H2,1-3H3,(H2,17,18,20). The molecule has 0 saturated carbocycles. The molecule has 0 spiro atoms. The Kier molecular flexibility index (Phi) is 6.43. The van der Waals surface area contributed by atoms with Crippen molar-refractivity contribution in [1.82, 2.24) is 10.2 Å². The van der Waals surface area contributed by atoms with Crippen LogP contribution in [0.3, 0.4) is 0 Å². The molecule has 0 aliphatic carbocycles. The normalized spacial score (nSPS) is 9.81. The summed E-state index contributed by atoms with van der Waals surface area (Å²) in [6.45, 7) is 0.721. The largest absolute Gasteiger partial charge is 0.491 e. The third-order valence-electron chi connectivity index (χ3n) is 2.32. The number of carbonyl (C=O) groups excluding carboxylic acids is 1. The molecule has 0 aliphatic heterocycles. The molecule has 1 rings (SSSR count). The van der Waals surface area contributed by atoms with Gasteiger partial charge in [0, 0.05) is 17.8 Å². The molecule has 2 amide bonds. The van der Waals surface area contributed by atoms with Gasteiger partial charge in [-0.05, 0) is 14.1 Å². The summed E-state index contributed by atoms with van der Waals surface area (Å²) in [6, 6.07) is 1.34. The Bertz CT molecular complexity index is 542. The van der Waals surface area contributed by atoms with Crippen LogP contribution in [0.4, 0.5) is 19.3 Å². The number of amides is 2. The summed E-state index contributed by atoms with van der Waals surface area (Å²) < 4.78 is 31.4. The highest BCUT2D eigenvalue weighted by Crippen LogP contribution is 2.25. The number of urea groups is 1. The zero-order valence-corrected chi connectivity index (χ0v) is 12.1. The number of hydrogen-bond acceptors (Lipinski definition) is 3. The molecule has 0 aliphatic rings. The van der Waals surface area contributed by atoms with Crippen molar-refractivity contribution in [3.63, 3.8) is 0 Å². The third kappa shape index (κ3) is 5.67. The molecule has 7 heteroatoms. The lowest BCUT2D eigenvalue weighted by atomic mass is 10.2. The van der Waals surface area contributed by atoms with E-state index in [-0.39, 0.29) is 12.2 Å². The Morgan fingerprint density at radius 2 is 1.90 bits per heavy atom. The summed E-state index contributed by atoms with van der Waals surface area (Å²) in [7, 11) is 4.91. The second kappa shape index (κ2) is 8.07. The minimum atomic E-state index is -0.890. The van der Waals surface area contributed by atoms with Crippen molar-refractivity contribution in [3.8, 4) is 17.6 Å². The van der Waals surface area contributed by atoms with Gasteiger partial charge in [-0.2, -0.15) is 0 Å². The lowest BCUT2D eigenvalue weighted by molar-refractivity contribution is 0.253. The van der Waals surface area contributed by atoms with Gasteiger partial charge in [0.05, 0.1) is 20.2 Å². The maximum Gasteiger partial charge on any atom is 0.319 e. The van der Waals surface area contributed by atoms with E-state index >= 15 is 0 Å². The molecule has 0 saturated heterocycles. The Hall–Kier alpha value is -2.33. The first-order chi connectivity index (χ1) is 9.93. The number of halogens is 2. The fourth-order valence-corrected chi connectivity index (χ4v) is 1.40. The monoisotopic (exact) mass is 297 g/mol. The lowest BCUT2D eigenvalue weighted by Gasteiger charge is -2.08. The highest BCUT2D eigenvalue weighted by Gasteiger charge is 2.12. The SMILES string of the molecule is COc1c(F)cc(NC(=O)NCC#CCN(C)C)cc1F. The highest BCUT2D eigenvalue weighted by atomic mass is 19.1. The zero-order valence-electron chi connectivity index (χ0n) is 12.1. The molecule has 0 radical (unpaired) electrons. The minimum Gasteiger partial charge on any atom is -0.491 e. The number of nitrogens with zero attached hydrogens (tertiary/aromatic N) is 1. The topological polar surface area (TPSA) is 53.6 Å². The molecule has 21 heavy (non-hydrogen) atoms. The van der Waals surface area contributed by atoms with Crippen LogP contribution in [0.5, 0.6) is 5.75 Å². The molecule has 114 valence electrons. The maximum atomic E-state index is 13.4. The summed E-state index contributed by atoms with van der Waals surface area (Å²) in [6.07, 6.45) is 0. The first kappa shape index (κ1) is 16.7. The zero-order chi connectivity index (χ0) is 15.8. The van der Waals surface area contributed by atoms with E-state index in [4.69, 9.17) is 0 Å². The summed E-state index contributed by atoms with van der Waals surface area (Å²) in [4.78, 5) is 13.4. The molecule has 5 nitrogen and oxygen atoms in total. The van der Waals surface area contributed by atoms with Crippen LogP contribution in [-0.2, 0) is 0 Å². The molecule has 0 aromatic heterocycles. The number of anilines is 1. The van der Waals surface area contributed by atoms with Crippen molar-refractivity contribution in [3.05, 3.63) is 23.8 Å². The van der Waals surface area contributed by atoms with Gasteiger partial charge in [0.1, 0.15) is 0 Å². The van der Waals surface area contributed by atoms with Gasteiger partial charge >= 0.3 is 6.03 Å². The molecule has 0 unspecified atom stereocenters. The molecule has 0 fully saturated rings. The van der Waals surface area contributed by atoms with Crippen molar-refractivity contribution < 1.29 is 18.3 Å². The number of benzene rings is 1. The molecule has 2 N–H and O–H groups in total. The average Bonchev–Trinajstić information content (AvgIpc) is 2.37. The number of carbonyl (C=O) groups is 1. The maximum absolute atomic E-state index is 13.4. The second-order valence-electron chi connectivity index (χ2n) is 4.37. The summed E-state index contributed by atoms with van der Waals surface area (Å²) in [5.74, 6) is 3.31. The predicted octanol–water partition coefficient (Wildman–Crippen LogP) is 1.66. The molecule has 0 bridgehead atoms. The fourth-order valence-electron chi connectivity index (χ4n) is 1.40. The predicted molar refractivity (Wildman–Crippen MR) is 76.3 cm³/mol. The lowest BCUT2D eigenvalue weighted by Crippen LogP contribution is -2.29. The van der Waals surface area contributed by atoms with E-state index in [2.05, 4.69) is 27.2 Å². The highest BCUT2D eigenvalue weighted by molar-refractivity contribution is 5.89. The smallest absolute Gasteiger partial charge is 0.319 e. The van der Waals surface area contributed by atoms with Crippen LogP contribution < -0.4 is 15.4 Å². The molecular weight excluding hydrogens is 280 g/mol. The van der Waals surface area contributed by atoms with E-state index in [1.54, 1.807) is 0 Å². The van der Waals surface area contributed by atoms with Crippen molar-refractivity contribution >= 4 is 11.7 Å². The van der Waals surface area contributed by atoms with Crippen LogP contribution in [0.2, 0.25) is 0 Å². The first-order valence-corrected chi connectivity index (χ1v) is 6.12. The van der Waals surface area contributed by atoms with Gasteiger partial charge in [-0.25, -0.2) is 13.6 Å². The number of hydrogen-bond donors (Lipinski definition) is 2. The van der Waals surface area contributed by atoms with E-state index in [0.29, 0.717) is 6.54 Å². The molecule has 1 aromatic rings. The van der Waals surface area contributed by atoms with Crippen molar-refractivity contribution in [1.29, 1.82) is 0 Å². The summed E-state index contributed by atoms with van der Waals surface area (Å²) >= 11 is 0. The molecular formula is C14H17F2N3O2. The second-order valence-corrected chi connectivity index (χ2v) is 4.37. The van der Waals surface area contributed by atoms with Gasteiger partial charge in [-0.15, -0.1) is 0 Å². The first-order valence-electron chi connectivity index (χ1n) is 6.12. The number of nitrogens with one attached hydrogen (secondary N) is 2. The van der Waals surface area contributed by atoms with Crippen LogP contribution in [-0.4, -0.2) is 45.2 Å². The Balaban J connectivity index is 2.53. The third-order valence-corrected chi connectivity index (χ3v) is 2.32. The number of rotatable bonds is 4. The van der Waals surface area contributed by atoms with Crippen LogP contribution >= 0.6 is 0 Å². The Morgan fingerprint density at radius 1 is 1.29 bits per heavy atom. The van der Waals surface area contributed by atoms with Crippen LogP contribution in [0.1, 0.15) is 0 Å². The van der Waals surface area contributed by atoms with Crippen LogP contribution in [0.15, 0.2) is 12.1 Å². The van der Waals surface area contributed by atoms with Gasteiger partial charge in [-0.1, -0.05) is 11.8 Å². The Morgan fingerprint density at radius 3 is 2.43 bits per heavy atom. The van der Waals surface area contributed by atoms with Gasteiger partial charge in [0.15, 0.2) is 17.4 Å². The van der Waals surface area contributed by atoms with Crippen molar-refractivity contribution in [2.75, 3.05) is 39.6 Å². The van der Waals surface area contributed by atoms with Crippen molar-refractivity contribution in [2.45, 2.75) is 0 Å². The van der Waals surface area contributed by atoms with Gasteiger partial charge in [0.2, 0.25) is 0 Å². The number of methoxy groups -OCH3 is 1. The van der Waals surface area contributed by atoms with E-state index in [9.17, 15) is 13.6 Å². The Labute approximate surface area is 122 Å². The van der Waals surface area contributed by atoms with Crippen LogP contribution in [0.25, 0.3) is 0 Å². The summed E-state index contributed by atoms with van der Waals surface area (Å²) in [5.41, 5.74) is -0.00968. The fraction of sp³-hybridized carbons (Fsp3) is 0.357. The van der Waals surface area contributed by atoms with E-state index in [0.717, 1.165) is 19.2 Å². The average molecular weight is 297 g/mol. The van der Waals surface area contributed by atoms with Crippen LogP contribution in [0, 0.1) is 23.5 Å². The molecule has 0 heterocycles. The van der Waals surface area contributed by atoms with Gasteiger partial charge in [0.25, 0.3) is 0 Å². The van der Waals surface area contributed by atoms with Crippen molar-refractivity contribution in [2.24, 2.45) is 0 Å².